The van der Waals surface area contributed by atoms with Gasteiger partial charge >= 0.3 is 0 Å². The van der Waals surface area contributed by atoms with Crippen LogP contribution in [-0.2, 0) is 6.54 Å². The van der Waals surface area contributed by atoms with Gasteiger partial charge < -0.3 is 14.0 Å². The Kier molecular flexibility index (Phi) is 6.70. The van der Waals surface area contributed by atoms with Crippen molar-refractivity contribution in [2.45, 2.75) is 45.2 Å². The van der Waals surface area contributed by atoms with Gasteiger partial charge in [-0.25, -0.2) is 9.97 Å². The maximum atomic E-state index is 9.80. The number of nitrogens with one attached hydrogen (secondary N) is 2. The molecule has 166 valence electrons. The van der Waals surface area contributed by atoms with Crippen molar-refractivity contribution in [3.8, 4) is 0 Å². The molecular formula is C21H28IN7OS. The van der Waals surface area contributed by atoms with Gasteiger partial charge in [0.15, 0.2) is 11.5 Å². The number of aromatic nitrogens is 4. The molecule has 1 saturated carbocycles. The van der Waals surface area contributed by atoms with E-state index in [1.54, 1.807) is 0 Å². The minimum atomic E-state index is -0.259. The van der Waals surface area contributed by atoms with E-state index in [4.69, 9.17) is 0 Å². The molecule has 0 aromatic carbocycles. The van der Waals surface area contributed by atoms with Crippen molar-refractivity contribution in [1.82, 2.24) is 27.2 Å². The summed E-state index contributed by atoms with van der Waals surface area (Å²) >= 11 is 1.16. The number of anilines is 2. The van der Waals surface area contributed by atoms with E-state index in [0.29, 0.717) is 5.82 Å². The third-order valence-corrected chi connectivity index (χ3v) is 7.45. The van der Waals surface area contributed by atoms with Gasteiger partial charge in [0.1, 0.15) is 5.00 Å². The molecule has 8 nitrogen and oxygen atoms in total. The van der Waals surface area contributed by atoms with Crippen molar-refractivity contribution < 1.29 is 5.11 Å². The lowest BCUT2D eigenvalue weighted by atomic mass is 9.76. The van der Waals surface area contributed by atoms with Gasteiger partial charge in [0.05, 0.1) is 29.9 Å². The van der Waals surface area contributed by atoms with Crippen molar-refractivity contribution in [2.75, 3.05) is 19.0 Å². The maximum Gasteiger partial charge on any atom is 0.180 e. The fourth-order valence-corrected chi connectivity index (χ4v) is 5.24. The summed E-state index contributed by atoms with van der Waals surface area (Å²) in [5.41, 5.74) is 4.71. The zero-order valence-electron chi connectivity index (χ0n) is 18.0. The second kappa shape index (κ2) is 9.31. The molecule has 3 aromatic heterocycles. The third kappa shape index (κ3) is 4.52. The van der Waals surface area contributed by atoms with Gasteiger partial charge in [0, 0.05) is 24.5 Å². The Hall–Kier alpha value is -1.89. The number of fused-ring (bicyclic) bond motifs is 1. The van der Waals surface area contributed by atoms with Crippen LogP contribution in [0.25, 0.3) is 11.2 Å². The topological polar surface area (TPSA) is 90.6 Å². The molecule has 0 saturated heterocycles. The number of halogens is 1. The molecule has 0 bridgehead atoms. The average molecular weight is 553 g/mol. The summed E-state index contributed by atoms with van der Waals surface area (Å²) in [5.74, 6) is 0.714. The Labute approximate surface area is 196 Å². The quantitative estimate of drug-likeness (QED) is 0.274. The molecule has 4 rings (SSSR count). The predicted molar refractivity (Wildman–Crippen MR) is 136 cm³/mol. The van der Waals surface area contributed by atoms with E-state index in [0.717, 1.165) is 52.7 Å². The molecule has 3 heterocycles. The van der Waals surface area contributed by atoms with Gasteiger partial charge in [0.25, 0.3) is 0 Å². The number of aryl methyl sites for hydroxylation is 1. The zero-order chi connectivity index (χ0) is 22.0. The summed E-state index contributed by atoms with van der Waals surface area (Å²) in [6, 6.07) is 2.06. The lowest BCUT2D eigenvalue weighted by Gasteiger charge is -2.47. The van der Waals surface area contributed by atoms with Crippen LogP contribution in [0.15, 0.2) is 24.7 Å². The molecule has 1 aliphatic rings. The molecule has 10 heteroatoms. The fourth-order valence-electron chi connectivity index (χ4n) is 3.90. The SMILES string of the molecule is C=IN/C=C(\C)c1cnc2c(Nc3cc(CN(C)C4(CO)CCC4)ns3)nc(C)cn12. The first-order valence-electron chi connectivity index (χ1n) is 10.2. The van der Waals surface area contributed by atoms with Crippen molar-refractivity contribution in [2.24, 2.45) is 0 Å². The van der Waals surface area contributed by atoms with Crippen molar-refractivity contribution >= 4 is 59.1 Å². The number of rotatable bonds is 9. The second-order valence-electron chi connectivity index (χ2n) is 8.04. The van der Waals surface area contributed by atoms with Crippen LogP contribution in [0.4, 0.5) is 10.8 Å². The standard InChI is InChI=1S/C21H28IN7OS/c1-14(9-24-22-3)17-10-23-20-19(25-15(2)11-29(17)20)26-18-8-16(27-31-18)12-28(4)21(13-30)6-5-7-21/h8-11,24,30H,3,5-7,12-13H2,1-2,4H3,(H,25,26)/b14-9+. The normalized spacial score (nSPS) is 16.0. The maximum absolute atomic E-state index is 9.80. The van der Waals surface area contributed by atoms with Gasteiger partial charge in [-0.15, -0.1) is 0 Å². The van der Waals surface area contributed by atoms with Crippen LogP contribution >= 0.6 is 32.5 Å². The van der Waals surface area contributed by atoms with Crippen LogP contribution in [0.3, 0.4) is 0 Å². The van der Waals surface area contributed by atoms with Gasteiger partial charge in [-0.05, 0) is 88.8 Å². The molecule has 3 N–H and O–H groups in total. The number of likely N-dealkylation sites (N-methyl/N-ethyl adjacent to an activating group) is 1. The lowest BCUT2D eigenvalue weighted by Crippen LogP contribution is -2.54. The van der Waals surface area contributed by atoms with Gasteiger partial charge in [-0.3, -0.25) is 9.30 Å². The molecular weight excluding hydrogens is 525 g/mol. The lowest BCUT2D eigenvalue weighted by molar-refractivity contribution is -0.0181. The van der Waals surface area contributed by atoms with Gasteiger partial charge in [0.2, 0.25) is 0 Å². The van der Waals surface area contributed by atoms with E-state index in [1.165, 1.54) is 18.0 Å². The Bertz CT molecular complexity index is 1110. The van der Waals surface area contributed by atoms with E-state index in [1.807, 2.05) is 25.5 Å². The Balaban J connectivity index is 1.55. The highest BCUT2D eigenvalue weighted by Crippen LogP contribution is 2.37. The van der Waals surface area contributed by atoms with Crippen LogP contribution in [0.2, 0.25) is 0 Å². The smallest absolute Gasteiger partial charge is 0.180 e. The summed E-state index contributed by atoms with van der Waals surface area (Å²) in [7, 11) is 2.07. The molecule has 0 aliphatic heterocycles. The molecule has 0 atom stereocenters. The number of hydrogen-bond acceptors (Lipinski definition) is 8. The van der Waals surface area contributed by atoms with Crippen LogP contribution in [-0.4, -0.2) is 52.5 Å². The van der Waals surface area contributed by atoms with Crippen molar-refractivity contribution in [3.63, 3.8) is 0 Å². The first-order valence-corrected chi connectivity index (χ1v) is 13.5. The van der Waals surface area contributed by atoms with Crippen LogP contribution < -0.4 is 8.85 Å². The molecule has 0 spiro atoms. The fraction of sp³-hybridized carbons (Fsp3) is 0.429. The van der Waals surface area contributed by atoms with E-state index in [-0.39, 0.29) is 33.2 Å². The van der Waals surface area contributed by atoms with E-state index >= 15 is 0 Å². The molecule has 1 fully saturated rings. The minimum absolute atomic E-state index is 0.0796. The number of imidazole rings is 1. The van der Waals surface area contributed by atoms with Crippen LogP contribution in [0.5, 0.6) is 0 Å². The summed E-state index contributed by atoms with van der Waals surface area (Å²) in [6.07, 6.45) is 9.14. The highest BCUT2D eigenvalue weighted by atomic mass is 127. The number of hydrogen-bond donors (Lipinski definition) is 3. The Morgan fingerprint density at radius 1 is 1.48 bits per heavy atom. The summed E-state index contributed by atoms with van der Waals surface area (Å²) in [5, 5.41) is 14.1. The third-order valence-electron chi connectivity index (χ3n) is 5.95. The Morgan fingerprint density at radius 2 is 2.29 bits per heavy atom. The number of allylic oxidation sites excluding steroid dienone is 1. The van der Waals surface area contributed by atoms with Crippen LogP contribution in [0.1, 0.15) is 43.3 Å². The van der Waals surface area contributed by atoms with Gasteiger partial charge in [-0.2, -0.15) is 4.37 Å². The molecule has 31 heavy (non-hydrogen) atoms. The first kappa shape index (κ1) is 22.3. The predicted octanol–water partition coefficient (Wildman–Crippen LogP) is 3.85. The monoisotopic (exact) mass is 553 g/mol. The number of aliphatic hydroxyl groups is 1. The van der Waals surface area contributed by atoms with E-state index in [2.05, 4.69) is 57.0 Å². The van der Waals surface area contributed by atoms with Crippen LogP contribution in [0, 0.1) is 6.92 Å². The molecule has 0 radical (unpaired) electrons. The first-order chi connectivity index (χ1) is 15.0. The highest BCUT2D eigenvalue weighted by molar-refractivity contribution is 14.2. The molecule has 1 aliphatic carbocycles. The summed E-state index contributed by atoms with van der Waals surface area (Å²) in [6.45, 7) is 4.96. The van der Waals surface area contributed by atoms with E-state index < -0.39 is 0 Å². The number of nitrogens with zero attached hydrogens (tertiary/aromatic N) is 5. The summed E-state index contributed by atoms with van der Waals surface area (Å²) in [4.78, 5) is 11.5. The zero-order valence-corrected chi connectivity index (χ0v) is 21.0. The minimum Gasteiger partial charge on any atom is -0.394 e. The average Bonchev–Trinajstić information content (AvgIpc) is 3.32. The highest BCUT2D eigenvalue weighted by Gasteiger charge is 2.40. The molecule has 0 amide bonds. The number of aliphatic hydroxyl groups excluding tert-OH is 1. The largest absolute Gasteiger partial charge is 0.394 e. The second-order valence-corrected chi connectivity index (χ2v) is 10.2. The van der Waals surface area contributed by atoms with Crippen molar-refractivity contribution in [1.29, 1.82) is 0 Å². The van der Waals surface area contributed by atoms with Crippen molar-refractivity contribution in [3.05, 3.63) is 41.7 Å². The van der Waals surface area contributed by atoms with E-state index in [9.17, 15) is 5.11 Å². The summed E-state index contributed by atoms with van der Waals surface area (Å²) < 4.78 is 13.8. The molecule has 0 unspecified atom stereocenters. The molecule has 3 aromatic rings. The Morgan fingerprint density at radius 3 is 2.97 bits per heavy atom. The van der Waals surface area contributed by atoms with Gasteiger partial charge in [-0.1, -0.05) is 0 Å².